The Kier molecular flexibility index (Phi) is 5.06. The first-order chi connectivity index (χ1) is 5.99. The van der Waals surface area contributed by atoms with Crippen molar-refractivity contribution in [3.8, 4) is 0 Å². The zero-order valence-corrected chi connectivity index (χ0v) is 7.56. The maximum Gasteiger partial charge on any atom is 0.320 e. The van der Waals surface area contributed by atoms with E-state index in [1.807, 2.05) is 6.92 Å². The second kappa shape index (κ2) is 5.53. The van der Waals surface area contributed by atoms with Crippen molar-refractivity contribution in [2.45, 2.75) is 32.2 Å². The van der Waals surface area contributed by atoms with Crippen molar-refractivity contribution in [2.24, 2.45) is 11.7 Å². The number of hydrogen-bond donors (Lipinski definition) is 3. The van der Waals surface area contributed by atoms with Gasteiger partial charge in [0.25, 0.3) is 0 Å². The Hall–Kier alpha value is -1.10. The fraction of sp³-hybridized carbons (Fsp3) is 0.750. The van der Waals surface area contributed by atoms with Crippen molar-refractivity contribution in [3.05, 3.63) is 0 Å². The van der Waals surface area contributed by atoms with Crippen LogP contribution in [0.15, 0.2) is 0 Å². The van der Waals surface area contributed by atoms with E-state index in [0.29, 0.717) is 6.42 Å². The SMILES string of the molecule is CCCC(CC(=O)O)[C@H](N)C(=O)O. The Labute approximate surface area is 76.5 Å². The van der Waals surface area contributed by atoms with Crippen molar-refractivity contribution >= 4 is 11.9 Å². The maximum absolute atomic E-state index is 10.5. The lowest BCUT2D eigenvalue weighted by molar-refractivity contribution is -0.142. The van der Waals surface area contributed by atoms with Crippen molar-refractivity contribution < 1.29 is 19.8 Å². The minimum Gasteiger partial charge on any atom is -0.481 e. The summed E-state index contributed by atoms with van der Waals surface area (Å²) in [5, 5.41) is 17.1. The summed E-state index contributed by atoms with van der Waals surface area (Å²) in [5.74, 6) is -2.62. The summed E-state index contributed by atoms with van der Waals surface area (Å²) in [6.45, 7) is 1.86. The van der Waals surface area contributed by atoms with E-state index < -0.39 is 23.9 Å². The number of carbonyl (C=O) groups is 2. The van der Waals surface area contributed by atoms with E-state index in [2.05, 4.69) is 0 Å². The molecule has 0 radical (unpaired) electrons. The summed E-state index contributed by atoms with van der Waals surface area (Å²) >= 11 is 0. The van der Waals surface area contributed by atoms with Gasteiger partial charge in [-0.25, -0.2) is 0 Å². The van der Waals surface area contributed by atoms with Gasteiger partial charge in [0.1, 0.15) is 6.04 Å². The van der Waals surface area contributed by atoms with Crippen molar-refractivity contribution in [1.29, 1.82) is 0 Å². The summed E-state index contributed by atoms with van der Waals surface area (Å²) in [6.07, 6.45) is 1.08. The van der Waals surface area contributed by atoms with Gasteiger partial charge >= 0.3 is 11.9 Å². The fourth-order valence-corrected chi connectivity index (χ4v) is 1.21. The van der Waals surface area contributed by atoms with Gasteiger partial charge < -0.3 is 15.9 Å². The van der Waals surface area contributed by atoms with Crippen molar-refractivity contribution in [1.82, 2.24) is 0 Å². The molecule has 2 atom stereocenters. The predicted molar refractivity (Wildman–Crippen MR) is 46.3 cm³/mol. The minimum absolute atomic E-state index is 0.179. The lowest BCUT2D eigenvalue weighted by atomic mass is 9.92. The highest BCUT2D eigenvalue weighted by Gasteiger charge is 2.25. The molecule has 0 saturated carbocycles. The van der Waals surface area contributed by atoms with Crippen LogP contribution >= 0.6 is 0 Å². The molecule has 5 nitrogen and oxygen atoms in total. The molecule has 5 heteroatoms. The first kappa shape index (κ1) is 11.9. The summed E-state index contributed by atoms with van der Waals surface area (Å²) in [7, 11) is 0. The van der Waals surface area contributed by atoms with Gasteiger partial charge in [-0.05, 0) is 12.3 Å². The highest BCUT2D eigenvalue weighted by atomic mass is 16.4. The van der Waals surface area contributed by atoms with Gasteiger partial charge in [-0.3, -0.25) is 9.59 Å². The standard InChI is InChI=1S/C8H15NO4/c1-2-3-5(4-6(10)11)7(9)8(12)13/h5,7H,2-4,9H2,1H3,(H,10,11)(H,12,13)/t5?,7-/m0/s1. The van der Waals surface area contributed by atoms with Gasteiger partial charge in [-0.2, -0.15) is 0 Å². The van der Waals surface area contributed by atoms with Crippen LogP contribution in [0.1, 0.15) is 26.2 Å². The lowest BCUT2D eigenvalue weighted by Crippen LogP contribution is -2.39. The summed E-state index contributed by atoms with van der Waals surface area (Å²) in [6, 6.07) is -1.07. The van der Waals surface area contributed by atoms with Crippen LogP contribution in [0.3, 0.4) is 0 Å². The van der Waals surface area contributed by atoms with Gasteiger partial charge in [0, 0.05) is 0 Å². The molecule has 1 unspecified atom stereocenters. The number of aliphatic carboxylic acids is 2. The van der Waals surface area contributed by atoms with E-state index in [-0.39, 0.29) is 6.42 Å². The lowest BCUT2D eigenvalue weighted by Gasteiger charge is -2.17. The van der Waals surface area contributed by atoms with Gasteiger partial charge in [0.15, 0.2) is 0 Å². The average molecular weight is 189 g/mol. The molecule has 0 aliphatic heterocycles. The predicted octanol–water partition coefficient (Wildman–Crippen LogP) is 0.289. The molecular formula is C8H15NO4. The Balaban J connectivity index is 4.22. The maximum atomic E-state index is 10.5. The summed E-state index contributed by atoms with van der Waals surface area (Å²) < 4.78 is 0. The van der Waals surface area contributed by atoms with Gasteiger partial charge in [-0.1, -0.05) is 13.3 Å². The minimum atomic E-state index is -1.14. The molecule has 0 bridgehead atoms. The van der Waals surface area contributed by atoms with Crippen LogP contribution in [0.25, 0.3) is 0 Å². The first-order valence-electron chi connectivity index (χ1n) is 4.19. The molecular weight excluding hydrogens is 174 g/mol. The van der Waals surface area contributed by atoms with E-state index in [4.69, 9.17) is 15.9 Å². The van der Waals surface area contributed by atoms with Crippen LogP contribution < -0.4 is 5.73 Å². The first-order valence-corrected chi connectivity index (χ1v) is 4.19. The van der Waals surface area contributed by atoms with Crippen LogP contribution in [0.5, 0.6) is 0 Å². The fourth-order valence-electron chi connectivity index (χ4n) is 1.21. The summed E-state index contributed by atoms with van der Waals surface area (Å²) in [4.78, 5) is 20.8. The molecule has 0 aliphatic rings. The number of nitrogens with two attached hydrogens (primary N) is 1. The van der Waals surface area contributed by atoms with Gasteiger partial charge in [0.05, 0.1) is 6.42 Å². The van der Waals surface area contributed by atoms with Crippen LogP contribution in [-0.2, 0) is 9.59 Å². The third-order valence-corrected chi connectivity index (χ3v) is 1.89. The third kappa shape index (κ3) is 4.47. The van der Waals surface area contributed by atoms with Gasteiger partial charge in [-0.15, -0.1) is 0 Å². The average Bonchev–Trinajstić information content (AvgIpc) is 2.01. The molecule has 0 rings (SSSR count). The molecule has 0 amide bonds. The molecule has 4 N–H and O–H groups in total. The van der Waals surface area contributed by atoms with Gasteiger partial charge in [0.2, 0.25) is 0 Å². The van der Waals surface area contributed by atoms with Crippen molar-refractivity contribution in [3.63, 3.8) is 0 Å². The largest absolute Gasteiger partial charge is 0.481 e. The monoisotopic (exact) mass is 189 g/mol. The molecule has 0 aromatic carbocycles. The van der Waals surface area contributed by atoms with Crippen LogP contribution in [0.4, 0.5) is 0 Å². The van der Waals surface area contributed by atoms with E-state index >= 15 is 0 Å². The highest BCUT2D eigenvalue weighted by molar-refractivity contribution is 5.75. The Bertz CT molecular complexity index is 193. The van der Waals surface area contributed by atoms with E-state index in [1.165, 1.54) is 0 Å². The normalized spacial score (nSPS) is 14.9. The van der Waals surface area contributed by atoms with Crippen LogP contribution in [-0.4, -0.2) is 28.2 Å². The molecule has 0 aromatic rings. The quantitative estimate of drug-likeness (QED) is 0.557. The Morgan fingerprint density at radius 1 is 1.38 bits per heavy atom. The van der Waals surface area contributed by atoms with Crippen molar-refractivity contribution in [2.75, 3.05) is 0 Å². The number of carboxylic acids is 2. The van der Waals surface area contributed by atoms with E-state index in [0.717, 1.165) is 6.42 Å². The number of rotatable bonds is 6. The summed E-state index contributed by atoms with van der Waals surface area (Å²) in [5.41, 5.74) is 5.33. The Morgan fingerprint density at radius 2 is 1.92 bits per heavy atom. The number of carboxylic acid groups (broad SMARTS) is 2. The molecule has 76 valence electrons. The molecule has 0 saturated heterocycles. The second-order valence-electron chi connectivity index (χ2n) is 3.01. The molecule has 0 aliphatic carbocycles. The smallest absolute Gasteiger partial charge is 0.320 e. The zero-order chi connectivity index (χ0) is 10.4. The van der Waals surface area contributed by atoms with Crippen LogP contribution in [0, 0.1) is 5.92 Å². The molecule has 0 heterocycles. The molecule has 13 heavy (non-hydrogen) atoms. The third-order valence-electron chi connectivity index (χ3n) is 1.89. The zero-order valence-electron chi connectivity index (χ0n) is 7.56. The van der Waals surface area contributed by atoms with E-state index in [9.17, 15) is 9.59 Å². The topological polar surface area (TPSA) is 101 Å². The highest BCUT2D eigenvalue weighted by Crippen LogP contribution is 2.14. The molecule has 0 fully saturated rings. The number of hydrogen-bond acceptors (Lipinski definition) is 3. The Morgan fingerprint density at radius 3 is 2.23 bits per heavy atom. The second-order valence-corrected chi connectivity index (χ2v) is 3.01. The van der Waals surface area contributed by atoms with E-state index in [1.54, 1.807) is 0 Å². The molecule has 0 aromatic heterocycles. The van der Waals surface area contributed by atoms with Crippen LogP contribution in [0.2, 0.25) is 0 Å². The molecule has 0 spiro atoms.